The van der Waals surface area contributed by atoms with Crippen LogP contribution in [0, 0.1) is 5.92 Å². The largest absolute Gasteiger partial charge is 0.416 e. The summed E-state index contributed by atoms with van der Waals surface area (Å²) in [5.41, 5.74) is 0.939. The van der Waals surface area contributed by atoms with Crippen molar-refractivity contribution in [2.75, 3.05) is 26.7 Å². The fraction of sp³-hybridized carbons (Fsp3) is 0.688. The Kier molecular flexibility index (Phi) is 4.15. The highest BCUT2D eigenvalue weighted by atomic mass is 16.2. The van der Waals surface area contributed by atoms with E-state index in [9.17, 15) is 9.59 Å². The van der Waals surface area contributed by atoms with E-state index in [4.69, 9.17) is 0 Å². The van der Waals surface area contributed by atoms with Crippen LogP contribution in [0.25, 0.3) is 0 Å². The van der Waals surface area contributed by atoms with Gasteiger partial charge < -0.3 is 0 Å². The second kappa shape index (κ2) is 5.99. The number of imide groups is 1. The normalized spacial score (nSPS) is 23.8. The van der Waals surface area contributed by atoms with Crippen LogP contribution in [0.15, 0.2) is 10.1 Å². The van der Waals surface area contributed by atoms with Crippen LogP contribution in [0.2, 0.25) is 0 Å². The van der Waals surface area contributed by atoms with Crippen molar-refractivity contribution in [1.29, 1.82) is 0 Å². The summed E-state index contributed by atoms with van der Waals surface area (Å²) in [6.07, 6.45) is 0.980. The van der Waals surface area contributed by atoms with Crippen molar-refractivity contribution in [3.8, 4) is 0 Å². The average Bonchev–Trinajstić information content (AvgIpc) is 2.90. The fourth-order valence-electron chi connectivity index (χ4n) is 3.22. The van der Waals surface area contributed by atoms with Gasteiger partial charge in [-0.1, -0.05) is 18.8 Å². The maximum Gasteiger partial charge on any atom is 0.416 e. The van der Waals surface area contributed by atoms with E-state index in [1.165, 1.54) is 9.80 Å². The van der Waals surface area contributed by atoms with Crippen LogP contribution in [-0.4, -0.2) is 81.6 Å². The van der Waals surface area contributed by atoms with Crippen molar-refractivity contribution in [1.82, 2.24) is 14.8 Å². The molecule has 3 amide bonds. The molecule has 24 heavy (non-hydrogen) atoms. The third-order valence-corrected chi connectivity index (χ3v) is 4.55. The van der Waals surface area contributed by atoms with E-state index in [1.54, 1.807) is 7.05 Å². The topological polar surface area (TPSA) is 71.6 Å². The van der Waals surface area contributed by atoms with Gasteiger partial charge in [-0.05, 0) is 26.2 Å². The van der Waals surface area contributed by atoms with E-state index in [0.29, 0.717) is 30.8 Å². The van der Waals surface area contributed by atoms with Crippen LogP contribution in [0.1, 0.15) is 34.1 Å². The molecule has 0 spiro atoms. The summed E-state index contributed by atoms with van der Waals surface area (Å²) >= 11 is 0. The molecule has 8 heteroatoms. The molecule has 1 fully saturated rings. The monoisotopic (exact) mass is 333 g/mol. The minimum absolute atomic E-state index is 0.201. The van der Waals surface area contributed by atoms with Crippen LogP contribution >= 0.6 is 0 Å². The molecule has 3 aliphatic heterocycles. The first-order valence-electron chi connectivity index (χ1n) is 8.48. The third kappa shape index (κ3) is 2.50. The van der Waals surface area contributed by atoms with Crippen molar-refractivity contribution in [3.63, 3.8) is 0 Å². The van der Waals surface area contributed by atoms with Crippen molar-refractivity contribution in [2.45, 2.75) is 40.2 Å². The van der Waals surface area contributed by atoms with E-state index in [-0.39, 0.29) is 11.9 Å². The Bertz CT molecular complexity index is 678. The first kappa shape index (κ1) is 16.6. The third-order valence-electron chi connectivity index (χ3n) is 4.55. The number of aliphatic imine (C=N–C) groups is 1. The van der Waals surface area contributed by atoms with E-state index in [1.807, 2.05) is 23.4 Å². The number of hydrogen-bond acceptors (Lipinski definition) is 5. The zero-order chi connectivity index (χ0) is 17.6. The number of likely N-dealkylation sites (N-methyl/N-ethyl adjacent to an activating group) is 2. The maximum atomic E-state index is 12.8. The standard InChI is InChI=1S/C16H25N6O2/c1-6-20-14(23)12-13(19(5)16(20)24)17-15-21(12)9-11(4)18-22(15)8-7-10(2)3/h10,12H,6-9H2,1-5H3/q+1. The minimum Gasteiger partial charge on any atom is -0.270 e. The number of carbonyl (C=O) groups excluding carboxylic acids is 2. The van der Waals surface area contributed by atoms with Gasteiger partial charge in [-0.15, -0.1) is 10.1 Å². The van der Waals surface area contributed by atoms with Gasteiger partial charge in [-0.25, -0.2) is 9.37 Å². The number of guanidine groups is 1. The second-order valence-electron chi connectivity index (χ2n) is 6.87. The van der Waals surface area contributed by atoms with Gasteiger partial charge in [0.15, 0.2) is 0 Å². The fourth-order valence-corrected chi connectivity index (χ4v) is 3.22. The quantitative estimate of drug-likeness (QED) is 0.714. The van der Waals surface area contributed by atoms with Crippen molar-refractivity contribution in [2.24, 2.45) is 16.0 Å². The zero-order valence-corrected chi connectivity index (χ0v) is 15.0. The highest BCUT2D eigenvalue weighted by Gasteiger charge is 2.54. The van der Waals surface area contributed by atoms with Gasteiger partial charge in [0.25, 0.3) is 5.91 Å². The SMILES string of the molecule is CCN1C(=O)C2C(=NC3=[N+]2CC(C)=NN3CCC(C)C)N(C)C1=O. The molecule has 0 N–H and O–H groups in total. The minimum atomic E-state index is -0.533. The first-order valence-corrected chi connectivity index (χ1v) is 8.48. The molecule has 0 aromatic carbocycles. The Labute approximate surface area is 142 Å². The molecule has 0 aromatic rings. The predicted molar refractivity (Wildman–Crippen MR) is 91.2 cm³/mol. The number of amides is 3. The molecule has 3 aliphatic rings. The lowest BCUT2D eigenvalue weighted by Gasteiger charge is -2.33. The van der Waals surface area contributed by atoms with E-state index >= 15 is 0 Å². The molecule has 3 rings (SSSR count). The number of urea groups is 1. The summed E-state index contributed by atoms with van der Waals surface area (Å²) in [6, 6.07) is -0.848. The van der Waals surface area contributed by atoms with Gasteiger partial charge in [0.1, 0.15) is 6.54 Å². The number of hydrogen-bond donors (Lipinski definition) is 0. The number of hydrazone groups is 1. The van der Waals surface area contributed by atoms with E-state index in [0.717, 1.165) is 18.7 Å². The Hall–Kier alpha value is -2.25. The highest BCUT2D eigenvalue weighted by Crippen LogP contribution is 2.23. The lowest BCUT2D eigenvalue weighted by Crippen LogP contribution is -2.63. The van der Waals surface area contributed by atoms with Crippen LogP contribution in [0.5, 0.6) is 0 Å². The molecule has 1 unspecified atom stereocenters. The van der Waals surface area contributed by atoms with Crippen molar-refractivity contribution >= 4 is 29.4 Å². The Morgan fingerprint density at radius 2 is 2.04 bits per heavy atom. The summed E-state index contributed by atoms with van der Waals surface area (Å²) in [5.74, 6) is 1.53. The molecule has 3 heterocycles. The Morgan fingerprint density at radius 1 is 1.33 bits per heavy atom. The van der Waals surface area contributed by atoms with Gasteiger partial charge in [0.05, 0.1) is 12.3 Å². The van der Waals surface area contributed by atoms with E-state index in [2.05, 4.69) is 23.9 Å². The van der Waals surface area contributed by atoms with Crippen LogP contribution < -0.4 is 0 Å². The molecular formula is C16H25N6O2+. The number of amidine groups is 1. The van der Waals surface area contributed by atoms with Crippen LogP contribution in [0.3, 0.4) is 0 Å². The molecule has 0 saturated carbocycles. The summed E-state index contributed by atoms with van der Waals surface area (Å²) in [5, 5.41) is 6.47. The van der Waals surface area contributed by atoms with Crippen molar-refractivity contribution in [3.05, 3.63) is 0 Å². The van der Waals surface area contributed by atoms with Gasteiger partial charge >= 0.3 is 12.0 Å². The number of rotatable bonds is 4. The molecular weight excluding hydrogens is 308 g/mol. The average molecular weight is 333 g/mol. The maximum absolute atomic E-state index is 12.8. The Balaban J connectivity index is 1.97. The molecule has 8 nitrogen and oxygen atoms in total. The summed E-state index contributed by atoms with van der Waals surface area (Å²) in [7, 11) is 1.68. The van der Waals surface area contributed by atoms with Gasteiger partial charge in [-0.3, -0.25) is 14.6 Å². The smallest absolute Gasteiger partial charge is 0.270 e. The first-order chi connectivity index (χ1) is 11.3. The predicted octanol–water partition coefficient (Wildman–Crippen LogP) is 0.787. The van der Waals surface area contributed by atoms with Crippen molar-refractivity contribution < 1.29 is 14.2 Å². The molecule has 0 aromatic heterocycles. The summed E-state index contributed by atoms with van der Waals surface area (Å²) in [4.78, 5) is 32.5. The number of fused-ring (bicyclic) bond motifs is 2. The number of nitrogens with zero attached hydrogens (tertiary/aromatic N) is 6. The van der Waals surface area contributed by atoms with Gasteiger partial charge in [0.2, 0.25) is 11.9 Å². The highest BCUT2D eigenvalue weighted by molar-refractivity contribution is 6.23. The summed E-state index contributed by atoms with van der Waals surface area (Å²) < 4.78 is 1.96. The Morgan fingerprint density at radius 3 is 2.67 bits per heavy atom. The van der Waals surface area contributed by atoms with Gasteiger partial charge in [-0.2, -0.15) is 0 Å². The molecule has 1 atom stereocenters. The molecule has 0 aliphatic carbocycles. The van der Waals surface area contributed by atoms with Crippen LogP contribution in [-0.2, 0) is 4.79 Å². The van der Waals surface area contributed by atoms with Gasteiger partial charge in [0, 0.05) is 13.6 Å². The van der Waals surface area contributed by atoms with E-state index < -0.39 is 6.04 Å². The molecule has 1 saturated heterocycles. The summed E-state index contributed by atoms with van der Waals surface area (Å²) in [6.45, 7) is 9.75. The zero-order valence-electron chi connectivity index (χ0n) is 15.0. The number of carbonyl (C=O) groups is 2. The molecule has 0 bridgehead atoms. The lowest BCUT2D eigenvalue weighted by atomic mass is 10.1. The molecule has 130 valence electrons. The molecule has 0 radical (unpaired) electrons. The van der Waals surface area contributed by atoms with Crippen LogP contribution in [0.4, 0.5) is 4.79 Å². The lowest BCUT2D eigenvalue weighted by molar-refractivity contribution is -0.527. The second-order valence-corrected chi connectivity index (χ2v) is 6.87.